The van der Waals surface area contributed by atoms with Gasteiger partial charge < -0.3 is 5.11 Å². The molecule has 7 heteroatoms. The molecule has 1 saturated heterocycles. The highest BCUT2D eigenvalue weighted by molar-refractivity contribution is 7.87. The van der Waals surface area contributed by atoms with Gasteiger partial charge in [-0.1, -0.05) is 0 Å². The Kier molecular flexibility index (Phi) is 3.61. The molecule has 0 aromatic rings. The number of carboxylic acids is 1. The molecule has 94 valence electrons. The van der Waals surface area contributed by atoms with Crippen molar-refractivity contribution in [1.29, 1.82) is 0 Å². The lowest BCUT2D eigenvalue weighted by atomic mass is 10.00. The summed E-state index contributed by atoms with van der Waals surface area (Å²) in [6.45, 7) is 5.87. The molecule has 1 aliphatic rings. The zero-order valence-electron chi connectivity index (χ0n) is 9.73. The minimum absolute atomic E-state index is 0.0293. The van der Waals surface area contributed by atoms with E-state index in [-0.39, 0.29) is 25.4 Å². The van der Waals surface area contributed by atoms with Crippen LogP contribution >= 0.6 is 0 Å². The lowest BCUT2D eigenvalue weighted by molar-refractivity contribution is -0.139. The smallest absolute Gasteiger partial charge is 0.303 e. The van der Waals surface area contributed by atoms with Crippen LogP contribution in [0.3, 0.4) is 0 Å². The molecule has 0 atom stereocenters. The van der Waals surface area contributed by atoms with Crippen molar-refractivity contribution >= 4 is 16.2 Å². The van der Waals surface area contributed by atoms with Crippen LogP contribution < -0.4 is 4.72 Å². The van der Waals surface area contributed by atoms with E-state index in [1.165, 1.54) is 4.31 Å². The van der Waals surface area contributed by atoms with Crippen molar-refractivity contribution in [3.63, 3.8) is 0 Å². The van der Waals surface area contributed by atoms with Crippen LogP contribution in [-0.4, -0.2) is 42.4 Å². The first-order valence-electron chi connectivity index (χ1n) is 5.11. The van der Waals surface area contributed by atoms with Crippen molar-refractivity contribution in [1.82, 2.24) is 9.03 Å². The second-order valence-electron chi connectivity index (χ2n) is 5.14. The molecule has 0 amide bonds. The van der Waals surface area contributed by atoms with E-state index in [9.17, 15) is 13.2 Å². The minimum atomic E-state index is -3.46. The number of hydrogen-bond donors (Lipinski definition) is 2. The maximum absolute atomic E-state index is 11.7. The summed E-state index contributed by atoms with van der Waals surface area (Å²) in [6.07, 6.45) is 0.0293. The summed E-state index contributed by atoms with van der Waals surface area (Å²) >= 11 is 0. The van der Waals surface area contributed by atoms with Gasteiger partial charge in [-0.15, -0.1) is 0 Å². The van der Waals surface area contributed by atoms with Crippen molar-refractivity contribution in [2.45, 2.75) is 32.7 Å². The number of carboxylic acid groups (broad SMARTS) is 1. The topological polar surface area (TPSA) is 86.7 Å². The first-order valence-corrected chi connectivity index (χ1v) is 6.55. The average molecular weight is 250 g/mol. The molecule has 0 bridgehead atoms. The fourth-order valence-electron chi connectivity index (χ4n) is 1.55. The first kappa shape index (κ1) is 13.4. The SMILES string of the molecule is CC(C)(C)NS(=O)(=O)N1CC(CC(=O)O)C1. The zero-order chi connectivity index (χ0) is 12.6. The Labute approximate surface area is 95.8 Å². The van der Waals surface area contributed by atoms with E-state index in [0.29, 0.717) is 0 Å². The number of nitrogens with zero attached hydrogens (tertiary/aromatic N) is 1. The van der Waals surface area contributed by atoms with Gasteiger partial charge in [0.2, 0.25) is 0 Å². The van der Waals surface area contributed by atoms with Crippen LogP contribution in [0.15, 0.2) is 0 Å². The molecule has 1 rings (SSSR count). The van der Waals surface area contributed by atoms with Gasteiger partial charge in [0.05, 0.1) is 6.42 Å². The Morgan fingerprint density at radius 1 is 1.44 bits per heavy atom. The van der Waals surface area contributed by atoms with Crippen LogP contribution in [0.4, 0.5) is 0 Å². The molecule has 1 heterocycles. The number of hydrogen-bond acceptors (Lipinski definition) is 3. The number of aliphatic carboxylic acids is 1. The van der Waals surface area contributed by atoms with Gasteiger partial charge in [0.25, 0.3) is 10.2 Å². The van der Waals surface area contributed by atoms with E-state index in [2.05, 4.69) is 4.72 Å². The Morgan fingerprint density at radius 2 is 1.94 bits per heavy atom. The van der Waals surface area contributed by atoms with Crippen LogP contribution in [0.2, 0.25) is 0 Å². The second-order valence-corrected chi connectivity index (χ2v) is 6.81. The molecular formula is C9H18N2O4S. The summed E-state index contributed by atoms with van der Waals surface area (Å²) in [5.41, 5.74) is -0.517. The van der Waals surface area contributed by atoms with Gasteiger partial charge in [-0.2, -0.15) is 17.4 Å². The third-order valence-corrected chi connectivity index (χ3v) is 4.01. The highest BCUT2D eigenvalue weighted by atomic mass is 32.2. The van der Waals surface area contributed by atoms with Crippen molar-refractivity contribution < 1.29 is 18.3 Å². The average Bonchev–Trinajstić information content (AvgIpc) is 1.89. The molecule has 0 aromatic carbocycles. The maximum Gasteiger partial charge on any atom is 0.303 e. The third-order valence-electron chi connectivity index (χ3n) is 2.16. The van der Waals surface area contributed by atoms with Crippen LogP contribution in [0.25, 0.3) is 0 Å². The van der Waals surface area contributed by atoms with Gasteiger partial charge >= 0.3 is 5.97 Å². The van der Waals surface area contributed by atoms with E-state index in [4.69, 9.17) is 5.11 Å². The molecule has 0 aromatic heterocycles. The quantitative estimate of drug-likeness (QED) is 0.736. The molecule has 0 spiro atoms. The van der Waals surface area contributed by atoms with E-state index >= 15 is 0 Å². The summed E-state index contributed by atoms with van der Waals surface area (Å²) in [5, 5.41) is 8.54. The van der Waals surface area contributed by atoms with Crippen LogP contribution in [-0.2, 0) is 15.0 Å². The van der Waals surface area contributed by atoms with E-state index in [1.54, 1.807) is 20.8 Å². The Bertz CT molecular complexity index is 365. The Balaban J connectivity index is 2.48. The summed E-state index contributed by atoms with van der Waals surface area (Å²) in [5.74, 6) is -0.945. The van der Waals surface area contributed by atoms with E-state index < -0.39 is 21.7 Å². The van der Waals surface area contributed by atoms with Crippen molar-refractivity contribution in [2.75, 3.05) is 13.1 Å². The molecule has 1 fully saturated rings. The van der Waals surface area contributed by atoms with Crippen LogP contribution in [0.5, 0.6) is 0 Å². The molecule has 6 nitrogen and oxygen atoms in total. The highest BCUT2D eigenvalue weighted by Gasteiger charge is 2.38. The minimum Gasteiger partial charge on any atom is -0.481 e. The van der Waals surface area contributed by atoms with E-state index in [0.717, 1.165) is 0 Å². The van der Waals surface area contributed by atoms with Crippen LogP contribution in [0.1, 0.15) is 27.2 Å². The first-order chi connectivity index (χ1) is 7.10. The van der Waals surface area contributed by atoms with Gasteiger partial charge in [0, 0.05) is 18.6 Å². The fraction of sp³-hybridized carbons (Fsp3) is 0.889. The van der Waals surface area contributed by atoms with Gasteiger partial charge in [0.15, 0.2) is 0 Å². The standard InChI is InChI=1S/C9H18N2O4S/c1-9(2,3)10-16(14,15)11-5-7(6-11)4-8(12)13/h7,10H,4-6H2,1-3H3,(H,12,13). The maximum atomic E-state index is 11.7. The second kappa shape index (κ2) is 4.31. The summed E-state index contributed by atoms with van der Waals surface area (Å²) in [4.78, 5) is 10.4. The van der Waals surface area contributed by atoms with Crippen molar-refractivity contribution in [3.05, 3.63) is 0 Å². The number of nitrogens with one attached hydrogen (secondary N) is 1. The lowest BCUT2D eigenvalue weighted by Gasteiger charge is -2.38. The lowest BCUT2D eigenvalue weighted by Crippen LogP contribution is -2.57. The largest absolute Gasteiger partial charge is 0.481 e. The molecule has 0 saturated carbocycles. The molecule has 0 unspecified atom stereocenters. The Hall–Kier alpha value is -0.660. The van der Waals surface area contributed by atoms with E-state index in [1.807, 2.05) is 0 Å². The molecule has 2 N–H and O–H groups in total. The van der Waals surface area contributed by atoms with Gasteiger partial charge in [-0.05, 0) is 26.7 Å². The molecular weight excluding hydrogens is 232 g/mol. The van der Waals surface area contributed by atoms with Gasteiger partial charge in [-0.3, -0.25) is 4.79 Å². The Morgan fingerprint density at radius 3 is 2.31 bits per heavy atom. The molecule has 0 radical (unpaired) electrons. The predicted octanol–water partition coefficient (Wildman–Crippen LogP) is 0.0258. The predicted molar refractivity (Wildman–Crippen MR) is 59.1 cm³/mol. The summed E-state index contributed by atoms with van der Waals surface area (Å²) in [6, 6.07) is 0. The van der Waals surface area contributed by atoms with Gasteiger partial charge in [-0.25, -0.2) is 0 Å². The zero-order valence-corrected chi connectivity index (χ0v) is 10.5. The number of rotatable bonds is 4. The summed E-state index contributed by atoms with van der Waals surface area (Å²) in [7, 11) is -3.46. The van der Waals surface area contributed by atoms with Crippen molar-refractivity contribution in [3.8, 4) is 0 Å². The highest BCUT2D eigenvalue weighted by Crippen LogP contribution is 2.22. The fourth-order valence-corrected chi connectivity index (χ4v) is 3.26. The molecule has 16 heavy (non-hydrogen) atoms. The molecule has 1 aliphatic heterocycles. The van der Waals surface area contributed by atoms with Crippen molar-refractivity contribution in [2.24, 2.45) is 5.92 Å². The molecule has 0 aliphatic carbocycles. The normalized spacial score (nSPS) is 19.4. The van der Waals surface area contributed by atoms with Gasteiger partial charge in [0.1, 0.15) is 0 Å². The number of carbonyl (C=O) groups is 1. The third kappa shape index (κ3) is 3.73. The monoisotopic (exact) mass is 250 g/mol. The van der Waals surface area contributed by atoms with Crippen LogP contribution in [0, 0.1) is 5.92 Å². The summed E-state index contributed by atoms with van der Waals surface area (Å²) < 4.78 is 27.2.